The Labute approximate surface area is 324 Å². The van der Waals surface area contributed by atoms with Crippen molar-refractivity contribution in [2.24, 2.45) is 11.7 Å². The van der Waals surface area contributed by atoms with Crippen molar-refractivity contribution in [3.05, 3.63) is 42.0 Å². The van der Waals surface area contributed by atoms with Crippen molar-refractivity contribution < 1.29 is 52.3 Å². The third-order valence-corrected chi connectivity index (χ3v) is 9.40. The second kappa shape index (κ2) is 20.3. The van der Waals surface area contributed by atoms with Crippen molar-refractivity contribution >= 4 is 47.2 Å². The summed E-state index contributed by atoms with van der Waals surface area (Å²) < 4.78 is 30.2. The highest BCUT2D eigenvalue weighted by Gasteiger charge is 2.57. The molecule has 2 saturated heterocycles. The zero-order valence-corrected chi connectivity index (χ0v) is 32.1. The fourth-order valence-electron chi connectivity index (χ4n) is 6.53. The summed E-state index contributed by atoms with van der Waals surface area (Å²) >= 11 is 0. The molecule has 8 N–H and O–H groups in total. The Hall–Kier alpha value is -4.98. The lowest BCUT2D eigenvalue weighted by Gasteiger charge is -2.29. The molecule has 0 aromatic heterocycles. The van der Waals surface area contributed by atoms with E-state index in [0.717, 1.165) is 10.5 Å². The molecule has 0 saturated carbocycles. The lowest BCUT2D eigenvalue weighted by molar-refractivity contribution is -0.208. The van der Waals surface area contributed by atoms with E-state index in [1.807, 2.05) is 0 Å². The van der Waals surface area contributed by atoms with E-state index >= 15 is 0 Å². The van der Waals surface area contributed by atoms with Crippen LogP contribution in [0.1, 0.15) is 71.8 Å². The summed E-state index contributed by atoms with van der Waals surface area (Å²) in [6.07, 6.45) is 1.73. The van der Waals surface area contributed by atoms with Gasteiger partial charge in [-0.1, -0.05) is 32.4 Å². The minimum Gasteiger partial charge on any atom is -0.352 e. The van der Waals surface area contributed by atoms with Crippen molar-refractivity contribution in [3.8, 4) is 0 Å². The SMILES string of the molecule is CC(C)C(NC(=O)C1OC2OC(C)(C)OC2C1NC(=O)CCCCCN1C(=O)C=CC1=O)C(=O)NC(CCCNC(N)=O)C(=O)Nc1ccc(CCNF)cc1. The molecule has 1 aromatic rings. The first-order valence-corrected chi connectivity index (χ1v) is 18.8. The van der Waals surface area contributed by atoms with Crippen LogP contribution in [0, 0.1) is 5.92 Å². The van der Waals surface area contributed by atoms with Gasteiger partial charge in [0.25, 0.3) is 17.7 Å². The standard InChI is InChI=1S/C37H53FN8O10/c1-21(2)28(33(51)43-24(9-8-18-40-36(39)53)32(50)42-23-13-11-22(12-14-23)17-19-41-38)45-34(52)30-29(31-35(54-30)56-37(3,4)55-31)44-25(47)10-6-5-7-20-46-26(48)15-16-27(46)49/h11-16,21,24,28-31,35,41H,5-10,17-20H2,1-4H3,(H,42,50)(H,43,51)(H,44,47)(H,45,52)(H3,39,40,53). The minimum absolute atomic E-state index is 0.0861. The molecule has 3 aliphatic rings. The molecule has 3 aliphatic heterocycles. The summed E-state index contributed by atoms with van der Waals surface area (Å²) in [7, 11) is 0. The molecule has 18 nitrogen and oxygen atoms in total. The van der Waals surface area contributed by atoms with Gasteiger partial charge in [-0.3, -0.25) is 33.7 Å². The van der Waals surface area contributed by atoms with Crippen LogP contribution in [0.3, 0.4) is 0 Å². The minimum atomic E-state index is -1.30. The Balaban J connectivity index is 1.39. The van der Waals surface area contributed by atoms with Crippen LogP contribution in [-0.4, -0.2) is 108 Å². The van der Waals surface area contributed by atoms with E-state index in [9.17, 15) is 38.0 Å². The lowest BCUT2D eigenvalue weighted by atomic mass is 10.0. The highest BCUT2D eigenvalue weighted by molar-refractivity contribution is 6.12. The van der Waals surface area contributed by atoms with E-state index in [1.165, 1.54) is 12.2 Å². The number of halogens is 1. The van der Waals surface area contributed by atoms with E-state index in [-0.39, 0.29) is 56.6 Å². The Kier molecular flexibility index (Phi) is 15.8. The lowest BCUT2D eigenvalue weighted by Crippen LogP contribution is -2.59. The third-order valence-electron chi connectivity index (χ3n) is 9.40. The molecule has 19 heteroatoms. The number of ether oxygens (including phenoxy) is 3. The average molecular weight is 789 g/mol. The molecule has 8 amide bonds. The molecule has 1 aromatic carbocycles. The van der Waals surface area contributed by atoms with Crippen LogP contribution in [0.25, 0.3) is 0 Å². The average Bonchev–Trinajstić information content (AvgIpc) is 3.75. The van der Waals surface area contributed by atoms with Gasteiger partial charge in [0.15, 0.2) is 18.2 Å². The highest BCUT2D eigenvalue weighted by Crippen LogP contribution is 2.37. The number of hydrogen-bond donors (Lipinski definition) is 7. The zero-order chi connectivity index (χ0) is 41.0. The molecule has 56 heavy (non-hydrogen) atoms. The Morgan fingerprint density at radius 1 is 0.911 bits per heavy atom. The number of fused-ring (bicyclic) bond motifs is 1. The number of unbranched alkanes of at least 4 members (excludes halogenated alkanes) is 2. The maximum Gasteiger partial charge on any atom is 0.312 e. The van der Waals surface area contributed by atoms with E-state index in [2.05, 4.69) is 26.6 Å². The fourth-order valence-corrected chi connectivity index (χ4v) is 6.53. The van der Waals surface area contributed by atoms with Gasteiger partial charge in [0.1, 0.15) is 18.2 Å². The number of hydrogen-bond acceptors (Lipinski definition) is 11. The van der Waals surface area contributed by atoms with Gasteiger partial charge < -0.3 is 46.5 Å². The molecular weight excluding hydrogens is 735 g/mol. The van der Waals surface area contributed by atoms with E-state index in [1.54, 1.807) is 57.5 Å². The molecule has 0 radical (unpaired) electrons. The maximum absolute atomic E-state index is 13.9. The predicted molar refractivity (Wildman–Crippen MR) is 198 cm³/mol. The summed E-state index contributed by atoms with van der Waals surface area (Å²) in [6, 6.07) is 2.81. The number of nitrogens with one attached hydrogen (secondary N) is 6. The molecule has 3 heterocycles. The van der Waals surface area contributed by atoms with Crippen LogP contribution in [-0.2, 0) is 49.4 Å². The summed E-state index contributed by atoms with van der Waals surface area (Å²) in [5, 5.41) is 13.5. The first-order valence-electron chi connectivity index (χ1n) is 18.8. The first-order chi connectivity index (χ1) is 26.6. The number of amides is 8. The Bertz CT molecular complexity index is 1610. The van der Waals surface area contributed by atoms with E-state index < -0.39 is 72.1 Å². The van der Waals surface area contributed by atoms with Crippen LogP contribution in [0.5, 0.6) is 0 Å². The van der Waals surface area contributed by atoms with Crippen LogP contribution < -0.4 is 37.9 Å². The summed E-state index contributed by atoms with van der Waals surface area (Å²) in [6.45, 7) is 7.28. The number of benzene rings is 1. The van der Waals surface area contributed by atoms with Crippen molar-refractivity contribution in [3.63, 3.8) is 0 Å². The number of carbonyl (C=O) groups is 7. The summed E-state index contributed by atoms with van der Waals surface area (Å²) in [4.78, 5) is 90.1. The van der Waals surface area contributed by atoms with Gasteiger partial charge in [-0.25, -0.2) is 4.79 Å². The smallest absolute Gasteiger partial charge is 0.312 e. The third kappa shape index (κ3) is 12.5. The Morgan fingerprint density at radius 2 is 1.61 bits per heavy atom. The molecule has 0 bridgehead atoms. The monoisotopic (exact) mass is 788 g/mol. The number of nitrogens with two attached hydrogens (primary N) is 1. The topological polar surface area (TPSA) is 249 Å². The summed E-state index contributed by atoms with van der Waals surface area (Å²) in [5.41, 5.74) is 8.04. The molecule has 6 atom stereocenters. The number of imide groups is 1. The van der Waals surface area contributed by atoms with Gasteiger partial charge in [0.05, 0.1) is 6.04 Å². The van der Waals surface area contributed by atoms with Crippen LogP contribution in [0.15, 0.2) is 36.4 Å². The molecule has 308 valence electrons. The van der Waals surface area contributed by atoms with Crippen LogP contribution >= 0.6 is 0 Å². The second-order valence-corrected chi connectivity index (χ2v) is 14.6. The predicted octanol–water partition coefficient (Wildman–Crippen LogP) is 0.562. The maximum atomic E-state index is 13.9. The van der Waals surface area contributed by atoms with Gasteiger partial charge in [-0.05, 0) is 69.6 Å². The largest absolute Gasteiger partial charge is 0.352 e. The Morgan fingerprint density at radius 3 is 2.25 bits per heavy atom. The molecule has 0 spiro atoms. The number of anilines is 1. The fraction of sp³-hybridized carbons (Fsp3) is 0.595. The number of primary amides is 1. The molecule has 6 unspecified atom stereocenters. The summed E-state index contributed by atoms with van der Waals surface area (Å²) in [5.74, 6) is -4.57. The van der Waals surface area contributed by atoms with Gasteiger partial charge in [0.2, 0.25) is 17.7 Å². The van der Waals surface area contributed by atoms with Crippen molar-refractivity contribution in [1.82, 2.24) is 31.7 Å². The van der Waals surface area contributed by atoms with Gasteiger partial charge in [-0.15, -0.1) is 4.48 Å². The van der Waals surface area contributed by atoms with Crippen molar-refractivity contribution in [1.29, 1.82) is 0 Å². The van der Waals surface area contributed by atoms with Gasteiger partial charge in [0, 0.05) is 43.9 Å². The first kappa shape index (κ1) is 43.7. The quantitative estimate of drug-likeness (QED) is 0.0515. The van der Waals surface area contributed by atoms with Crippen molar-refractivity contribution in [2.75, 3.05) is 25.0 Å². The molecule has 4 rings (SSSR count). The number of nitrogens with zero attached hydrogens (tertiary/aromatic N) is 1. The molecule has 2 fully saturated rings. The number of urea groups is 1. The molecule has 0 aliphatic carbocycles. The second-order valence-electron chi connectivity index (χ2n) is 14.6. The highest BCUT2D eigenvalue weighted by atomic mass is 19.2. The van der Waals surface area contributed by atoms with Crippen LogP contribution in [0.4, 0.5) is 15.0 Å². The van der Waals surface area contributed by atoms with Crippen molar-refractivity contribution in [2.45, 2.75) is 115 Å². The normalized spacial score (nSPS) is 22.1. The van der Waals surface area contributed by atoms with E-state index in [0.29, 0.717) is 31.4 Å². The zero-order valence-electron chi connectivity index (χ0n) is 32.1. The number of rotatable bonds is 21. The van der Waals surface area contributed by atoms with Gasteiger partial charge in [-0.2, -0.15) is 5.54 Å². The molecular formula is C37H53FN8O10. The number of carbonyl (C=O) groups excluding carboxylic acids is 7. The van der Waals surface area contributed by atoms with E-state index in [4.69, 9.17) is 19.9 Å². The van der Waals surface area contributed by atoms with Crippen LogP contribution in [0.2, 0.25) is 0 Å². The van der Waals surface area contributed by atoms with Gasteiger partial charge >= 0.3 is 6.03 Å².